The average Bonchev–Trinajstić information content (AvgIpc) is 2.59. The molecule has 0 bridgehead atoms. The van der Waals surface area contributed by atoms with Crippen molar-refractivity contribution in [1.82, 2.24) is 4.72 Å². The van der Waals surface area contributed by atoms with Crippen molar-refractivity contribution < 1.29 is 13.2 Å². The van der Waals surface area contributed by atoms with E-state index in [0.717, 1.165) is 14.9 Å². The third-order valence-electron chi connectivity index (χ3n) is 4.03. The first kappa shape index (κ1) is 19.4. The molecule has 3 rings (SSSR count). The van der Waals surface area contributed by atoms with Crippen LogP contribution in [-0.2, 0) is 21.4 Å². The minimum atomic E-state index is -3.68. The zero-order chi connectivity index (χ0) is 18.9. The van der Waals surface area contributed by atoms with Crippen molar-refractivity contribution >= 4 is 49.3 Å². The Morgan fingerprint density at radius 1 is 1.31 bits per heavy atom. The summed E-state index contributed by atoms with van der Waals surface area (Å²) in [5.74, 6) is -0.0879. The van der Waals surface area contributed by atoms with Crippen molar-refractivity contribution in [3.8, 4) is 0 Å². The van der Waals surface area contributed by atoms with Gasteiger partial charge in [-0.3, -0.25) is 4.79 Å². The maximum absolute atomic E-state index is 12.7. The molecule has 0 aromatic heterocycles. The van der Waals surface area contributed by atoms with E-state index < -0.39 is 10.0 Å². The Labute approximate surface area is 166 Å². The first-order valence-corrected chi connectivity index (χ1v) is 11.2. The summed E-state index contributed by atoms with van der Waals surface area (Å²) in [6.45, 7) is 4.32. The normalized spacial score (nSPS) is 17.0. The Hall–Kier alpha value is -1.35. The van der Waals surface area contributed by atoms with Gasteiger partial charge in [-0.2, -0.15) is 0 Å². The third-order valence-corrected chi connectivity index (χ3v) is 7.08. The largest absolute Gasteiger partial charge is 0.310 e. The Morgan fingerprint density at radius 3 is 2.77 bits per heavy atom. The van der Waals surface area contributed by atoms with Crippen molar-refractivity contribution in [3.05, 3.63) is 52.5 Å². The number of hydrogen-bond donors (Lipinski definition) is 1. The number of benzene rings is 2. The van der Waals surface area contributed by atoms with E-state index in [1.165, 1.54) is 6.92 Å². The van der Waals surface area contributed by atoms with Crippen LogP contribution in [0.2, 0.25) is 0 Å². The Morgan fingerprint density at radius 2 is 2.08 bits per heavy atom. The number of nitrogens with one attached hydrogen (secondary N) is 1. The van der Waals surface area contributed by atoms with Gasteiger partial charge in [0, 0.05) is 34.6 Å². The highest BCUT2D eigenvalue weighted by Gasteiger charge is 2.27. The molecule has 0 radical (unpaired) electrons. The van der Waals surface area contributed by atoms with E-state index in [0.29, 0.717) is 12.2 Å². The number of fused-ring (bicyclic) bond motifs is 1. The highest BCUT2D eigenvalue weighted by atomic mass is 79.9. The van der Waals surface area contributed by atoms with Crippen LogP contribution in [-0.4, -0.2) is 26.1 Å². The fourth-order valence-electron chi connectivity index (χ4n) is 2.79. The fourth-order valence-corrected chi connectivity index (χ4v) is 5.37. The Balaban J connectivity index is 1.86. The first-order valence-electron chi connectivity index (χ1n) is 8.09. The number of hydrogen-bond acceptors (Lipinski definition) is 4. The number of amides is 1. The zero-order valence-corrected chi connectivity index (χ0v) is 17.6. The van der Waals surface area contributed by atoms with Gasteiger partial charge in [-0.25, -0.2) is 13.1 Å². The second-order valence-corrected chi connectivity index (χ2v) is 10.3. The lowest BCUT2D eigenvalue weighted by Gasteiger charge is -2.32. The van der Waals surface area contributed by atoms with Crippen molar-refractivity contribution in [1.29, 1.82) is 0 Å². The molecule has 138 valence electrons. The molecular formula is C18H19BrN2O3S2. The van der Waals surface area contributed by atoms with Crippen LogP contribution in [0.4, 0.5) is 5.69 Å². The summed E-state index contributed by atoms with van der Waals surface area (Å²) in [6.07, 6.45) is 0. The number of halogens is 1. The van der Waals surface area contributed by atoms with Crippen molar-refractivity contribution in [2.45, 2.75) is 35.4 Å². The molecule has 5 nitrogen and oxygen atoms in total. The van der Waals surface area contributed by atoms with Gasteiger partial charge in [-0.05, 0) is 35.9 Å². The van der Waals surface area contributed by atoms with Crippen LogP contribution in [0.3, 0.4) is 0 Å². The maximum atomic E-state index is 12.7. The van der Waals surface area contributed by atoms with Crippen LogP contribution in [0.1, 0.15) is 19.4 Å². The molecule has 0 saturated carbocycles. The van der Waals surface area contributed by atoms with E-state index in [4.69, 9.17) is 0 Å². The minimum absolute atomic E-state index is 0.0879. The van der Waals surface area contributed by atoms with Crippen LogP contribution in [0.15, 0.2) is 56.7 Å². The molecule has 2 aromatic rings. The molecule has 1 atom stereocenters. The van der Waals surface area contributed by atoms with Gasteiger partial charge in [0.1, 0.15) is 0 Å². The van der Waals surface area contributed by atoms with Crippen molar-refractivity contribution in [3.63, 3.8) is 0 Å². The van der Waals surface area contributed by atoms with E-state index in [1.54, 1.807) is 34.9 Å². The second-order valence-electron chi connectivity index (χ2n) is 6.14. The second kappa shape index (κ2) is 7.72. The average molecular weight is 455 g/mol. The molecule has 8 heteroatoms. The lowest BCUT2D eigenvalue weighted by Crippen LogP contribution is -2.37. The Bertz CT molecular complexity index is 947. The molecule has 26 heavy (non-hydrogen) atoms. The van der Waals surface area contributed by atoms with Gasteiger partial charge in [0.25, 0.3) is 0 Å². The fraction of sp³-hybridized carbons (Fsp3) is 0.278. The molecule has 0 spiro atoms. The van der Waals surface area contributed by atoms with Gasteiger partial charge in [0.15, 0.2) is 0 Å². The molecule has 1 aliphatic rings. The topological polar surface area (TPSA) is 66.5 Å². The van der Waals surface area contributed by atoms with Gasteiger partial charge in [-0.15, -0.1) is 11.8 Å². The van der Waals surface area contributed by atoms with Crippen LogP contribution < -0.4 is 9.62 Å². The van der Waals surface area contributed by atoms with Crippen LogP contribution in [0.25, 0.3) is 0 Å². The third kappa shape index (κ3) is 4.31. The minimum Gasteiger partial charge on any atom is -0.310 e. The van der Waals surface area contributed by atoms with Crippen molar-refractivity contribution in [2.75, 3.05) is 11.4 Å². The molecule has 1 aliphatic heterocycles. The molecule has 0 unspecified atom stereocenters. The standard InChI is InChI=1S/C18H19BrN2O3S2/c1-12-11-21(13(2)22)17-9-16(6-7-18(17)25-12)26(23,24)20-10-14-4-3-5-15(19)8-14/h3-9,12,20H,10-11H2,1-2H3/t12-/m1/s1. The smallest absolute Gasteiger partial charge is 0.240 e. The summed E-state index contributed by atoms with van der Waals surface area (Å²) in [5, 5.41) is 0.267. The summed E-state index contributed by atoms with van der Waals surface area (Å²) >= 11 is 5.03. The molecule has 2 aromatic carbocycles. The first-order chi connectivity index (χ1) is 12.3. The SMILES string of the molecule is CC(=O)N1C[C@@H](C)Sc2ccc(S(=O)(=O)NCc3cccc(Br)c3)cc21. The van der Waals surface area contributed by atoms with E-state index in [-0.39, 0.29) is 22.6 Å². The number of anilines is 1. The lowest BCUT2D eigenvalue weighted by atomic mass is 10.2. The van der Waals surface area contributed by atoms with Gasteiger partial charge in [0.2, 0.25) is 15.9 Å². The number of nitrogens with zero attached hydrogens (tertiary/aromatic N) is 1. The highest BCUT2D eigenvalue weighted by molar-refractivity contribution is 9.10. The molecule has 1 N–H and O–H groups in total. The van der Waals surface area contributed by atoms with E-state index in [1.807, 2.05) is 31.2 Å². The van der Waals surface area contributed by atoms with Gasteiger partial charge >= 0.3 is 0 Å². The number of thioether (sulfide) groups is 1. The number of rotatable bonds is 4. The van der Waals surface area contributed by atoms with Crippen LogP contribution >= 0.6 is 27.7 Å². The number of sulfonamides is 1. The summed E-state index contributed by atoms with van der Waals surface area (Å²) in [4.78, 5) is 14.7. The summed E-state index contributed by atoms with van der Waals surface area (Å²) < 4.78 is 28.9. The molecule has 0 aliphatic carbocycles. The summed E-state index contributed by atoms with van der Waals surface area (Å²) in [6, 6.07) is 12.4. The van der Waals surface area contributed by atoms with E-state index in [9.17, 15) is 13.2 Å². The summed E-state index contributed by atoms with van der Waals surface area (Å²) in [7, 11) is -3.68. The molecular weight excluding hydrogens is 436 g/mol. The van der Waals surface area contributed by atoms with Gasteiger partial charge in [0.05, 0.1) is 10.6 Å². The van der Waals surface area contributed by atoms with Gasteiger partial charge < -0.3 is 4.90 Å². The number of carbonyl (C=O) groups is 1. The predicted octanol–water partition coefficient (Wildman–Crippen LogP) is 3.77. The quantitative estimate of drug-likeness (QED) is 0.762. The predicted molar refractivity (Wildman–Crippen MR) is 108 cm³/mol. The van der Waals surface area contributed by atoms with Crippen LogP contribution in [0.5, 0.6) is 0 Å². The van der Waals surface area contributed by atoms with E-state index in [2.05, 4.69) is 20.7 Å². The lowest BCUT2D eigenvalue weighted by molar-refractivity contribution is -0.116. The molecule has 1 amide bonds. The Kier molecular flexibility index (Phi) is 5.76. The monoisotopic (exact) mass is 454 g/mol. The van der Waals surface area contributed by atoms with Crippen molar-refractivity contribution in [2.24, 2.45) is 0 Å². The maximum Gasteiger partial charge on any atom is 0.240 e. The number of carbonyl (C=O) groups excluding carboxylic acids is 1. The highest BCUT2D eigenvalue weighted by Crippen LogP contribution is 2.39. The molecule has 1 heterocycles. The van der Waals surface area contributed by atoms with E-state index >= 15 is 0 Å². The summed E-state index contributed by atoms with van der Waals surface area (Å²) in [5.41, 5.74) is 1.52. The van der Waals surface area contributed by atoms with Crippen LogP contribution in [0, 0.1) is 0 Å². The molecule has 0 saturated heterocycles. The molecule has 0 fully saturated rings. The van der Waals surface area contributed by atoms with Gasteiger partial charge in [-0.1, -0.05) is 35.0 Å². The zero-order valence-electron chi connectivity index (χ0n) is 14.4.